The average molecular weight is 223 g/mol. The number of aromatic nitrogens is 1. The van der Waals surface area contributed by atoms with Gasteiger partial charge in [0.25, 0.3) is 0 Å². The van der Waals surface area contributed by atoms with E-state index in [0.29, 0.717) is 23.4 Å². The number of hydrogen-bond acceptors (Lipinski definition) is 1. The Hall–Kier alpha value is -1.25. The molecule has 1 rings (SSSR count). The van der Waals surface area contributed by atoms with E-state index in [1.165, 1.54) is 0 Å². The quantitative estimate of drug-likeness (QED) is 0.833. The van der Waals surface area contributed by atoms with Gasteiger partial charge in [0.15, 0.2) is 0 Å². The number of carbonyl (C=O) groups is 1. The molecule has 0 aliphatic heterocycles. The van der Waals surface area contributed by atoms with E-state index in [4.69, 9.17) is 5.11 Å². The number of rotatable bonds is 5. The molecule has 0 fully saturated rings. The van der Waals surface area contributed by atoms with Crippen LogP contribution in [0.5, 0.6) is 0 Å². The van der Waals surface area contributed by atoms with Crippen LogP contribution in [0.3, 0.4) is 0 Å². The molecule has 0 spiro atoms. The molecule has 0 saturated heterocycles. The summed E-state index contributed by atoms with van der Waals surface area (Å²) in [5.41, 5.74) is 0.381. The average Bonchev–Trinajstić information content (AvgIpc) is 2.60. The van der Waals surface area contributed by atoms with Gasteiger partial charge in [0, 0.05) is 12.7 Å². The van der Waals surface area contributed by atoms with E-state index in [0.717, 1.165) is 6.54 Å². The van der Waals surface area contributed by atoms with Gasteiger partial charge in [-0.25, -0.2) is 4.79 Å². The molecule has 0 amide bonds. The smallest absolute Gasteiger partial charge is 0.352 e. The molecule has 1 aromatic heterocycles. The molecule has 3 nitrogen and oxygen atoms in total. The van der Waals surface area contributed by atoms with Crippen LogP contribution in [0.1, 0.15) is 38.2 Å². The predicted octanol–water partition coefficient (Wildman–Crippen LogP) is 3.11. The van der Waals surface area contributed by atoms with Crippen molar-refractivity contribution in [2.24, 2.45) is 17.8 Å². The summed E-state index contributed by atoms with van der Waals surface area (Å²) in [7, 11) is 0. The van der Waals surface area contributed by atoms with E-state index >= 15 is 0 Å². The Morgan fingerprint density at radius 3 is 2.31 bits per heavy atom. The Balaban J connectivity index is 2.85. The van der Waals surface area contributed by atoms with Gasteiger partial charge in [0.05, 0.1) is 0 Å². The minimum atomic E-state index is -0.851. The molecule has 1 heterocycles. The standard InChI is InChI=1S/C13H21NO2/c1-9(2)11(10(3)4)8-14-7-5-6-12(14)13(15)16/h5-7,9-11H,8H2,1-4H3,(H,15,16). The van der Waals surface area contributed by atoms with Crippen LogP contribution in [0.25, 0.3) is 0 Å². The normalized spacial score (nSPS) is 11.7. The van der Waals surface area contributed by atoms with Crippen molar-refractivity contribution < 1.29 is 9.90 Å². The molecule has 1 N–H and O–H groups in total. The molecule has 0 atom stereocenters. The van der Waals surface area contributed by atoms with Crippen molar-refractivity contribution in [3.63, 3.8) is 0 Å². The van der Waals surface area contributed by atoms with Crippen LogP contribution >= 0.6 is 0 Å². The third kappa shape index (κ3) is 2.87. The van der Waals surface area contributed by atoms with Crippen LogP contribution in [0, 0.1) is 17.8 Å². The number of carboxylic acids is 1. The molecule has 0 aliphatic carbocycles. The first-order valence-corrected chi connectivity index (χ1v) is 5.82. The zero-order valence-corrected chi connectivity index (χ0v) is 10.5. The van der Waals surface area contributed by atoms with E-state index in [2.05, 4.69) is 27.7 Å². The van der Waals surface area contributed by atoms with Crippen LogP contribution in [0.15, 0.2) is 18.3 Å². The van der Waals surface area contributed by atoms with Crippen molar-refractivity contribution in [1.82, 2.24) is 4.57 Å². The lowest BCUT2D eigenvalue weighted by atomic mass is 9.85. The summed E-state index contributed by atoms with van der Waals surface area (Å²) < 4.78 is 1.84. The van der Waals surface area contributed by atoms with Crippen molar-refractivity contribution >= 4 is 5.97 Å². The highest BCUT2D eigenvalue weighted by Crippen LogP contribution is 2.23. The first-order valence-electron chi connectivity index (χ1n) is 5.82. The van der Waals surface area contributed by atoms with Crippen molar-refractivity contribution in [2.45, 2.75) is 34.2 Å². The molecular formula is C13H21NO2. The fraction of sp³-hybridized carbons (Fsp3) is 0.615. The summed E-state index contributed by atoms with van der Waals surface area (Å²) >= 11 is 0. The second kappa shape index (κ2) is 5.19. The lowest BCUT2D eigenvalue weighted by molar-refractivity contribution is 0.0681. The van der Waals surface area contributed by atoms with Gasteiger partial charge in [-0.2, -0.15) is 0 Å². The highest BCUT2D eigenvalue weighted by Gasteiger charge is 2.20. The molecular weight excluding hydrogens is 202 g/mol. The molecule has 0 aromatic carbocycles. The van der Waals surface area contributed by atoms with Crippen molar-refractivity contribution in [3.8, 4) is 0 Å². The van der Waals surface area contributed by atoms with E-state index in [-0.39, 0.29) is 0 Å². The Kier molecular flexibility index (Phi) is 4.16. The Morgan fingerprint density at radius 1 is 1.31 bits per heavy atom. The van der Waals surface area contributed by atoms with Gasteiger partial charge in [-0.3, -0.25) is 0 Å². The summed E-state index contributed by atoms with van der Waals surface area (Å²) in [6.45, 7) is 9.54. The van der Waals surface area contributed by atoms with Gasteiger partial charge in [0.1, 0.15) is 5.69 Å². The summed E-state index contributed by atoms with van der Waals surface area (Å²) in [5, 5.41) is 9.02. The van der Waals surface area contributed by atoms with Gasteiger partial charge in [-0.1, -0.05) is 27.7 Å². The molecule has 0 saturated carbocycles. The van der Waals surface area contributed by atoms with Crippen LogP contribution < -0.4 is 0 Å². The van der Waals surface area contributed by atoms with Gasteiger partial charge < -0.3 is 9.67 Å². The second-order valence-corrected chi connectivity index (χ2v) is 5.00. The number of aromatic carboxylic acids is 1. The van der Waals surface area contributed by atoms with Crippen LogP contribution in [-0.4, -0.2) is 15.6 Å². The maximum Gasteiger partial charge on any atom is 0.352 e. The van der Waals surface area contributed by atoms with Crippen molar-refractivity contribution in [2.75, 3.05) is 0 Å². The highest BCUT2D eigenvalue weighted by atomic mass is 16.4. The predicted molar refractivity (Wildman–Crippen MR) is 64.6 cm³/mol. The molecule has 0 aliphatic rings. The molecule has 90 valence electrons. The number of nitrogens with zero attached hydrogens (tertiary/aromatic N) is 1. The minimum absolute atomic E-state index is 0.381. The maximum atomic E-state index is 11.0. The molecule has 0 bridgehead atoms. The van der Waals surface area contributed by atoms with E-state index in [1.807, 2.05) is 10.8 Å². The topological polar surface area (TPSA) is 42.2 Å². The van der Waals surface area contributed by atoms with Gasteiger partial charge in [-0.15, -0.1) is 0 Å². The molecule has 1 aromatic rings. The van der Waals surface area contributed by atoms with E-state index in [9.17, 15) is 4.79 Å². The van der Waals surface area contributed by atoms with Crippen molar-refractivity contribution in [1.29, 1.82) is 0 Å². The fourth-order valence-corrected chi connectivity index (χ4v) is 2.19. The number of hydrogen-bond donors (Lipinski definition) is 1. The summed E-state index contributed by atoms with van der Waals surface area (Å²) in [6.07, 6.45) is 1.85. The minimum Gasteiger partial charge on any atom is -0.477 e. The van der Waals surface area contributed by atoms with Crippen LogP contribution in [-0.2, 0) is 6.54 Å². The lowest BCUT2D eigenvalue weighted by Crippen LogP contribution is -2.23. The van der Waals surface area contributed by atoms with Gasteiger partial charge >= 0.3 is 5.97 Å². The SMILES string of the molecule is CC(C)C(Cn1cccc1C(=O)O)C(C)C. The third-order valence-electron chi connectivity index (χ3n) is 3.17. The highest BCUT2D eigenvalue weighted by molar-refractivity contribution is 5.85. The second-order valence-electron chi connectivity index (χ2n) is 5.00. The zero-order valence-electron chi connectivity index (χ0n) is 10.5. The Bertz CT molecular complexity index is 345. The fourth-order valence-electron chi connectivity index (χ4n) is 2.19. The summed E-state index contributed by atoms with van der Waals surface area (Å²) in [4.78, 5) is 11.0. The van der Waals surface area contributed by atoms with Crippen LogP contribution in [0.2, 0.25) is 0 Å². The largest absolute Gasteiger partial charge is 0.477 e. The first-order chi connectivity index (χ1) is 7.43. The van der Waals surface area contributed by atoms with Crippen molar-refractivity contribution in [3.05, 3.63) is 24.0 Å². The van der Waals surface area contributed by atoms with Gasteiger partial charge in [0.2, 0.25) is 0 Å². The Morgan fingerprint density at radius 2 is 1.88 bits per heavy atom. The Labute approximate surface area is 97.1 Å². The third-order valence-corrected chi connectivity index (χ3v) is 3.17. The molecule has 0 unspecified atom stereocenters. The molecule has 3 heteroatoms. The zero-order chi connectivity index (χ0) is 12.3. The summed E-state index contributed by atoms with van der Waals surface area (Å²) in [5.74, 6) is 0.773. The first kappa shape index (κ1) is 12.8. The number of carboxylic acid groups (broad SMARTS) is 1. The maximum absolute atomic E-state index is 11.0. The lowest BCUT2D eigenvalue weighted by Gasteiger charge is -2.25. The monoisotopic (exact) mass is 223 g/mol. The van der Waals surface area contributed by atoms with E-state index in [1.54, 1.807) is 12.1 Å². The molecule has 0 radical (unpaired) electrons. The van der Waals surface area contributed by atoms with Gasteiger partial charge in [-0.05, 0) is 29.9 Å². The van der Waals surface area contributed by atoms with E-state index < -0.39 is 5.97 Å². The van der Waals surface area contributed by atoms with Crippen LogP contribution in [0.4, 0.5) is 0 Å². The molecule has 16 heavy (non-hydrogen) atoms. The summed E-state index contributed by atoms with van der Waals surface area (Å²) in [6, 6.07) is 3.45.